The van der Waals surface area contributed by atoms with Crippen LogP contribution in [-0.2, 0) is 9.53 Å². The Hall–Kier alpha value is -2.52. The molecular weight excluding hydrogens is 436 g/mol. The van der Waals surface area contributed by atoms with E-state index in [0.717, 1.165) is 67.8 Å². The average Bonchev–Trinajstić information content (AvgIpc) is 2.86. The van der Waals surface area contributed by atoms with Crippen molar-refractivity contribution in [2.45, 2.75) is 88.4 Å². The van der Waals surface area contributed by atoms with E-state index in [-0.39, 0.29) is 24.2 Å². The van der Waals surface area contributed by atoms with Gasteiger partial charge in [0.15, 0.2) is 0 Å². The van der Waals surface area contributed by atoms with Crippen LogP contribution in [0.15, 0.2) is 12.4 Å². The summed E-state index contributed by atoms with van der Waals surface area (Å²) in [5.41, 5.74) is 1.94. The molecule has 3 heterocycles. The van der Waals surface area contributed by atoms with Gasteiger partial charge in [0.2, 0.25) is 11.8 Å². The lowest BCUT2D eigenvalue weighted by Crippen LogP contribution is -2.30. The number of aliphatic carboxylic acids is 1. The molecule has 9 nitrogen and oxygen atoms in total. The highest BCUT2D eigenvalue weighted by Crippen LogP contribution is 2.38. The number of pyridine rings is 1. The number of hydrogen-bond donors (Lipinski definition) is 3. The van der Waals surface area contributed by atoms with Crippen molar-refractivity contribution in [2.75, 3.05) is 18.5 Å². The minimum atomic E-state index is -0.702. The number of carbonyl (C=O) groups is 1. The lowest BCUT2D eigenvalue weighted by atomic mass is 9.83. The number of fused-ring (bicyclic) bond motifs is 1. The SMILES string of the molecule is O=C(O)C1CCC(Nc2ncc3c(OC4CCOCC4)ncc(C4CCC(O)CC4)c3n2)CC1. The van der Waals surface area contributed by atoms with E-state index < -0.39 is 5.97 Å². The monoisotopic (exact) mass is 470 g/mol. The topological polar surface area (TPSA) is 127 Å². The molecule has 0 aromatic carbocycles. The molecule has 184 valence electrons. The van der Waals surface area contributed by atoms with Gasteiger partial charge in [-0.2, -0.15) is 0 Å². The van der Waals surface area contributed by atoms with Crippen LogP contribution in [-0.4, -0.2) is 62.6 Å². The van der Waals surface area contributed by atoms with Crippen LogP contribution in [0.2, 0.25) is 0 Å². The van der Waals surface area contributed by atoms with Gasteiger partial charge in [-0.1, -0.05) is 0 Å². The van der Waals surface area contributed by atoms with E-state index in [0.29, 0.717) is 43.8 Å². The highest BCUT2D eigenvalue weighted by atomic mass is 16.5. The Balaban J connectivity index is 1.41. The molecule has 2 saturated carbocycles. The maximum absolute atomic E-state index is 11.3. The third kappa shape index (κ3) is 5.25. The summed E-state index contributed by atoms with van der Waals surface area (Å²) >= 11 is 0. The third-order valence-corrected chi connectivity index (χ3v) is 7.61. The van der Waals surface area contributed by atoms with E-state index in [1.807, 2.05) is 6.20 Å². The number of carboxylic acids is 1. The zero-order valence-corrected chi connectivity index (χ0v) is 19.5. The van der Waals surface area contributed by atoms with Crippen LogP contribution < -0.4 is 10.1 Å². The predicted octanol–water partition coefficient (Wildman–Crippen LogP) is 3.66. The Bertz CT molecular complexity index is 996. The van der Waals surface area contributed by atoms with Gasteiger partial charge in [-0.25, -0.2) is 15.0 Å². The largest absolute Gasteiger partial charge is 0.481 e. The molecule has 1 saturated heterocycles. The standard InChI is InChI=1S/C25H34N4O5/c30-18-7-3-15(4-8-18)20-13-26-23(34-19-9-11-33-12-10-19)21-14-27-25(29-22(20)21)28-17-5-1-16(2-6-17)24(31)32/h13-19,30H,1-12H2,(H,31,32)(H,27,28,29). The van der Waals surface area contributed by atoms with Crippen molar-refractivity contribution in [3.05, 3.63) is 18.0 Å². The molecule has 3 aliphatic rings. The van der Waals surface area contributed by atoms with Gasteiger partial charge in [0.1, 0.15) is 6.10 Å². The Kier molecular flexibility index (Phi) is 7.10. The summed E-state index contributed by atoms with van der Waals surface area (Å²) in [4.78, 5) is 25.5. The molecule has 2 aromatic heterocycles. The molecule has 0 bridgehead atoms. The number of aliphatic hydroxyl groups is 1. The zero-order chi connectivity index (χ0) is 23.5. The predicted molar refractivity (Wildman–Crippen MR) is 126 cm³/mol. The van der Waals surface area contributed by atoms with Gasteiger partial charge >= 0.3 is 5.97 Å². The lowest BCUT2D eigenvalue weighted by Gasteiger charge is -2.28. The van der Waals surface area contributed by atoms with E-state index in [1.165, 1.54) is 0 Å². The van der Waals surface area contributed by atoms with Crippen molar-refractivity contribution < 1.29 is 24.5 Å². The molecule has 3 N–H and O–H groups in total. The van der Waals surface area contributed by atoms with Crippen molar-refractivity contribution in [1.29, 1.82) is 0 Å². The number of carboxylic acid groups (broad SMARTS) is 1. The number of nitrogens with zero attached hydrogens (tertiary/aromatic N) is 3. The molecule has 2 aromatic rings. The number of hydrogen-bond acceptors (Lipinski definition) is 8. The van der Waals surface area contributed by atoms with E-state index in [2.05, 4.69) is 15.3 Å². The second kappa shape index (κ2) is 10.4. The fourth-order valence-corrected chi connectivity index (χ4v) is 5.49. The summed E-state index contributed by atoms with van der Waals surface area (Å²) < 4.78 is 11.7. The molecule has 2 aliphatic carbocycles. The lowest BCUT2D eigenvalue weighted by molar-refractivity contribution is -0.142. The third-order valence-electron chi connectivity index (χ3n) is 7.61. The summed E-state index contributed by atoms with van der Waals surface area (Å²) in [6.07, 6.45) is 11.5. The molecule has 0 atom stereocenters. The molecule has 0 amide bonds. The minimum absolute atomic E-state index is 0.0716. The van der Waals surface area contributed by atoms with Gasteiger partial charge < -0.3 is 25.0 Å². The highest BCUT2D eigenvalue weighted by molar-refractivity contribution is 5.86. The van der Waals surface area contributed by atoms with Crippen LogP contribution in [0.5, 0.6) is 5.88 Å². The highest BCUT2D eigenvalue weighted by Gasteiger charge is 2.28. The van der Waals surface area contributed by atoms with Crippen LogP contribution in [0.4, 0.5) is 5.95 Å². The van der Waals surface area contributed by atoms with E-state index >= 15 is 0 Å². The van der Waals surface area contributed by atoms with Crippen molar-refractivity contribution in [3.63, 3.8) is 0 Å². The van der Waals surface area contributed by atoms with Crippen molar-refractivity contribution >= 4 is 22.8 Å². The minimum Gasteiger partial charge on any atom is -0.481 e. The normalized spacial score (nSPS) is 28.5. The molecular formula is C25H34N4O5. The summed E-state index contributed by atoms with van der Waals surface area (Å²) in [6.45, 7) is 1.39. The number of rotatable bonds is 6. The molecule has 9 heteroatoms. The summed E-state index contributed by atoms with van der Waals surface area (Å²) in [7, 11) is 0. The van der Waals surface area contributed by atoms with Crippen molar-refractivity contribution in [2.24, 2.45) is 5.92 Å². The van der Waals surface area contributed by atoms with Crippen LogP contribution >= 0.6 is 0 Å². The van der Waals surface area contributed by atoms with Crippen LogP contribution in [0.3, 0.4) is 0 Å². The maximum Gasteiger partial charge on any atom is 0.306 e. The molecule has 1 aliphatic heterocycles. The van der Waals surface area contributed by atoms with Crippen LogP contribution in [0, 0.1) is 5.92 Å². The second-order valence-corrected chi connectivity index (χ2v) is 9.94. The Labute approximate surface area is 199 Å². The zero-order valence-electron chi connectivity index (χ0n) is 19.5. The van der Waals surface area contributed by atoms with Gasteiger partial charge in [-0.15, -0.1) is 0 Å². The Morgan fingerprint density at radius 2 is 1.71 bits per heavy atom. The Morgan fingerprint density at radius 3 is 2.41 bits per heavy atom. The number of ether oxygens (including phenoxy) is 2. The van der Waals surface area contributed by atoms with Gasteiger partial charge in [0, 0.05) is 36.8 Å². The second-order valence-electron chi connectivity index (χ2n) is 9.94. The van der Waals surface area contributed by atoms with Gasteiger partial charge in [0.25, 0.3) is 0 Å². The molecule has 0 radical (unpaired) electrons. The maximum atomic E-state index is 11.3. The average molecular weight is 471 g/mol. The molecule has 34 heavy (non-hydrogen) atoms. The van der Waals surface area contributed by atoms with E-state index in [1.54, 1.807) is 6.20 Å². The van der Waals surface area contributed by atoms with Crippen LogP contribution in [0.1, 0.15) is 75.7 Å². The molecule has 3 fully saturated rings. The van der Waals surface area contributed by atoms with Crippen LogP contribution in [0.25, 0.3) is 10.9 Å². The van der Waals surface area contributed by atoms with Gasteiger partial charge in [-0.3, -0.25) is 4.79 Å². The first kappa shape index (κ1) is 23.2. The summed E-state index contributed by atoms with van der Waals surface area (Å²) in [5, 5.41) is 23.5. The summed E-state index contributed by atoms with van der Waals surface area (Å²) in [6, 6.07) is 0.168. The molecule has 5 rings (SSSR count). The van der Waals surface area contributed by atoms with Gasteiger partial charge in [0.05, 0.1) is 36.1 Å². The van der Waals surface area contributed by atoms with Crippen molar-refractivity contribution in [1.82, 2.24) is 15.0 Å². The first-order valence-electron chi connectivity index (χ1n) is 12.6. The van der Waals surface area contributed by atoms with E-state index in [4.69, 9.17) is 14.5 Å². The smallest absolute Gasteiger partial charge is 0.306 e. The molecule has 0 spiro atoms. The van der Waals surface area contributed by atoms with E-state index in [9.17, 15) is 15.0 Å². The van der Waals surface area contributed by atoms with Crippen molar-refractivity contribution in [3.8, 4) is 5.88 Å². The quantitative estimate of drug-likeness (QED) is 0.580. The number of anilines is 1. The number of nitrogens with one attached hydrogen (secondary N) is 1. The first-order chi connectivity index (χ1) is 16.6. The van der Waals surface area contributed by atoms with Gasteiger partial charge in [-0.05, 0) is 57.3 Å². The Morgan fingerprint density at radius 1 is 0.971 bits per heavy atom. The molecule has 0 unspecified atom stereocenters. The number of aliphatic hydroxyl groups excluding tert-OH is 1. The summed E-state index contributed by atoms with van der Waals surface area (Å²) in [5.74, 6) is 0.470. The number of aromatic nitrogens is 3. The fraction of sp³-hybridized carbons (Fsp3) is 0.680. The fourth-order valence-electron chi connectivity index (χ4n) is 5.49. The first-order valence-corrected chi connectivity index (χ1v) is 12.6.